The molecule has 1 aromatic carbocycles. The van der Waals surface area contributed by atoms with Gasteiger partial charge in [0.2, 0.25) is 10.0 Å². The van der Waals surface area contributed by atoms with Crippen LogP contribution in [0, 0.1) is 5.82 Å². The topological polar surface area (TPSA) is 53.5 Å². The molecule has 0 spiro atoms. The van der Waals surface area contributed by atoms with E-state index in [-0.39, 0.29) is 30.5 Å². The summed E-state index contributed by atoms with van der Waals surface area (Å²) in [7, 11) is -4.03. The molecule has 5 nitrogen and oxygen atoms in total. The number of halogens is 5. The standard InChI is InChI=1S/C17H16ClF4N3O2S/c18-13-10-12(17(20,21)22)11-23-16(13)24-6-3-7-25(9-8-24)28(26,27)15-5-2-1-4-14(15)19/h1-2,4-5,10-11H,3,6-9H2. The van der Waals surface area contributed by atoms with Gasteiger partial charge in [-0.15, -0.1) is 0 Å². The zero-order valence-electron chi connectivity index (χ0n) is 14.5. The van der Waals surface area contributed by atoms with E-state index in [0.29, 0.717) is 19.2 Å². The summed E-state index contributed by atoms with van der Waals surface area (Å²) in [5.74, 6) is -0.684. The normalized spacial score (nSPS) is 16.8. The Labute approximate surface area is 164 Å². The minimum Gasteiger partial charge on any atom is -0.354 e. The Morgan fingerprint density at radius 1 is 1.07 bits per heavy atom. The van der Waals surface area contributed by atoms with Gasteiger partial charge in [0.15, 0.2) is 0 Å². The summed E-state index contributed by atoms with van der Waals surface area (Å²) >= 11 is 5.98. The van der Waals surface area contributed by atoms with Crippen LogP contribution in [0.4, 0.5) is 23.4 Å². The molecular formula is C17H16ClF4N3O2S. The van der Waals surface area contributed by atoms with E-state index in [2.05, 4.69) is 4.98 Å². The summed E-state index contributed by atoms with van der Waals surface area (Å²) in [5, 5.41) is -0.166. The first kappa shape index (κ1) is 20.8. The minimum atomic E-state index is -4.56. The Hall–Kier alpha value is -1.91. The molecule has 1 fully saturated rings. The van der Waals surface area contributed by atoms with E-state index < -0.39 is 32.5 Å². The Morgan fingerprint density at radius 2 is 1.79 bits per heavy atom. The van der Waals surface area contributed by atoms with Crippen LogP contribution in [0.25, 0.3) is 0 Å². The lowest BCUT2D eigenvalue weighted by molar-refractivity contribution is -0.137. The number of hydrogen-bond donors (Lipinski definition) is 0. The van der Waals surface area contributed by atoms with Crippen LogP contribution in [0.3, 0.4) is 0 Å². The van der Waals surface area contributed by atoms with Gasteiger partial charge in [-0.3, -0.25) is 0 Å². The fourth-order valence-electron chi connectivity index (χ4n) is 2.96. The van der Waals surface area contributed by atoms with Crippen molar-refractivity contribution in [2.45, 2.75) is 17.5 Å². The van der Waals surface area contributed by atoms with Crippen LogP contribution >= 0.6 is 11.6 Å². The van der Waals surface area contributed by atoms with Gasteiger partial charge in [0.05, 0.1) is 10.6 Å². The van der Waals surface area contributed by atoms with Crippen molar-refractivity contribution >= 4 is 27.4 Å². The molecule has 0 unspecified atom stereocenters. The molecular weight excluding hydrogens is 422 g/mol. The van der Waals surface area contributed by atoms with Crippen molar-refractivity contribution in [2.75, 3.05) is 31.1 Å². The first-order valence-electron chi connectivity index (χ1n) is 8.33. The molecule has 2 heterocycles. The Kier molecular flexibility index (Phi) is 5.83. The molecule has 1 saturated heterocycles. The molecule has 1 aliphatic rings. The molecule has 0 amide bonds. The van der Waals surface area contributed by atoms with Crippen molar-refractivity contribution in [2.24, 2.45) is 0 Å². The van der Waals surface area contributed by atoms with Crippen molar-refractivity contribution in [1.82, 2.24) is 9.29 Å². The summed E-state index contributed by atoms with van der Waals surface area (Å²) in [6, 6.07) is 5.90. The maximum absolute atomic E-state index is 13.9. The maximum atomic E-state index is 13.9. The van der Waals surface area contributed by atoms with Gasteiger partial charge in [-0.1, -0.05) is 23.7 Å². The molecule has 0 saturated carbocycles. The van der Waals surface area contributed by atoms with Crippen LogP contribution < -0.4 is 4.90 Å². The van der Waals surface area contributed by atoms with Crippen LogP contribution in [-0.2, 0) is 16.2 Å². The van der Waals surface area contributed by atoms with Gasteiger partial charge >= 0.3 is 6.18 Å². The number of nitrogens with zero attached hydrogens (tertiary/aromatic N) is 3. The molecule has 0 atom stereocenters. The van der Waals surface area contributed by atoms with E-state index in [9.17, 15) is 26.0 Å². The van der Waals surface area contributed by atoms with E-state index in [1.807, 2.05) is 0 Å². The lowest BCUT2D eigenvalue weighted by Crippen LogP contribution is -2.35. The van der Waals surface area contributed by atoms with Gasteiger partial charge < -0.3 is 4.90 Å². The average molecular weight is 438 g/mol. The molecule has 28 heavy (non-hydrogen) atoms. The Bertz CT molecular complexity index is 969. The average Bonchev–Trinajstić information content (AvgIpc) is 2.87. The third kappa shape index (κ3) is 4.23. The van der Waals surface area contributed by atoms with Crippen LogP contribution in [0.1, 0.15) is 12.0 Å². The monoisotopic (exact) mass is 437 g/mol. The molecule has 0 radical (unpaired) electrons. The van der Waals surface area contributed by atoms with Gasteiger partial charge in [-0.25, -0.2) is 17.8 Å². The number of pyridine rings is 1. The highest BCUT2D eigenvalue weighted by Crippen LogP contribution is 2.34. The second-order valence-corrected chi connectivity index (χ2v) is 8.52. The van der Waals surface area contributed by atoms with Crippen molar-refractivity contribution < 1.29 is 26.0 Å². The van der Waals surface area contributed by atoms with E-state index in [1.54, 1.807) is 4.90 Å². The molecule has 1 aromatic heterocycles. The van der Waals surface area contributed by atoms with Crippen LogP contribution in [0.5, 0.6) is 0 Å². The van der Waals surface area contributed by atoms with Crippen molar-refractivity contribution in [3.63, 3.8) is 0 Å². The van der Waals surface area contributed by atoms with E-state index in [0.717, 1.165) is 16.4 Å². The highest BCUT2D eigenvalue weighted by Gasteiger charge is 2.33. The number of rotatable bonds is 3. The van der Waals surface area contributed by atoms with E-state index in [1.165, 1.54) is 18.2 Å². The van der Waals surface area contributed by atoms with Gasteiger partial charge in [0, 0.05) is 32.4 Å². The quantitative estimate of drug-likeness (QED) is 0.685. The predicted octanol–water partition coefficient (Wildman–Crippen LogP) is 3.79. The third-order valence-electron chi connectivity index (χ3n) is 4.36. The van der Waals surface area contributed by atoms with E-state index in [4.69, 9.17) is 11.6 Å². The molecule has 2 aromatic rings. The zero-order valence-corrected chi connectivity index (χ0v) is 16.0. The van der Waals surface area contributed by atoms with Crippen molar-refractivity contribution in [1.29, 1.82) is 0 Å². The highest BCUT2D eigenvalue weighted by molar-refractivity contribution is 7.89. The molecule has 0 bridgehead atoms. The Balaban J connectivity index is 1.80. The minimum absolute atomic E-state index is 0.0235. The van der Waals surface area contributed by atoms with Crippen molar-refractivity contribution in [3.05, 3.63) is 52.9 Å². The summed E-state index contributed by atoms with van der Waals surface area (Å²) in [4.78, 5) is 5.03. The maximum Gasteiger partial charge on any atom is 0.417 e. The van der Waals surface area contributed by atoms with Crippen molar-refractivity contribution in [3.8, 4) is 0 Å². The zero-order chi connectivity index (χ0) is 20.5. The second kappa shape index (κ2) is 7.84. The number of hydrogen-bond acceptors (Lipinski definition) is 4. The number of benzene rings is 1. The van der Waals surface area contributed by atoms with Gasteiger partial charge in [0.25, 0.3) is 0 Å². The first-order chi connectivity index (χ1) is 13.1. The number of alkyl halides is 3. The molecule has 0 N–H and O–H groups in total. The van der Waals surface area contributed by atoms with Crippen LogP contribution in [0.15, 0.2) is 41.4 Å². The lowest BCUT2D eigenvalue weighted by atomic mass is 10.2. The fraction of sp³-hybridized carbons (Fsp3) is 0.353. The molecule has 152 valence electrons. The van der Waals surface area contributed by atoms with Gasteiger partial charge in [-0.05, 0) is 24.6 Å². The fourth-order valence-corrected chi connectivity index (χ4v) is 4.78. The third-order valence-corrected chi connectivity index (χ3v) is 6.57. The predicted molar refractivity (Wildman–Crippen MR) is 96.2 cm³/mol. The Morgan fingerprint density at radius 3 is 2.43 bits per heavy atom. The number of aromatic nitrogens is 1. The smallest absolute Gasteiger partial charge is 0.354 e. The molecule has 11 heteroatoms. The summed E-state index contributed by atoms with van der Waals surface area (Å²) < 4.78 is 78.8. The highest BCUT2D eigenvalue weighted by atomic mass is 35.5. The number of sulfonamides is 1. The first-order valence-corrected chi connectivity index (χ1v) is 10.1. The number of anilines is 1. The summed E-state index contributed by atoms with van der Waals surface area (Å²) in [6.07, 6.45) is -3.48. The molecule has 0 aliphatic carbocycles. The second-order valence-electron chi connectivity index (χ2n) is 6.20. The molecule has 3 rings (SSSR count). The van der Waals surface area contributed by atoms with Crippen LogP contribution in [-0.4, -0.2) is 43.9 Å². The van der Waals surface area contributed by atoms with Gasteiger partial charge in [0.1, 0.15) is 16.5 Å². The summed E-state index contributed by atoms with van der Waals surface area (Å²) in [6.45, 7) is 0.675. The van der Waals surface area contributed by atoms with Gasteiger partial charge in [-0.2, -0.15) is 17.5 Å². The van der Waals surface area contributed by atoms with E-state index >= 15 is 0 Å². The molecule has 1 aliphatic heterocycles. The SMILES string of the molecule is O=S(=O)(c1ccccc1F)N1CCCN(c2ncc(C(F)(F)F)cc2Cl)CC1. The lowest BCUT2D eigenvalue weighted by Gasteiger charge is -2.24. The summed E-state index contributed by atoms with van der Waals surface area (Å²) in [5.41, 5.74) is -0.958. The largest absolute Gasteiger partial charge is 0.417 e. The van der Waals surface area contributed by atoms with Crippen LogP contribution in [0.2, 0.25) is 5.02 Å².